The van der Waals surface area contributed by atoms with Gasteiger partial charge in [0.2, 0.25) is 0 Å². The zero-order chi connectivity index (χ0) is 12.0. The molecule has 2 aliphatic carbocycles. The van der Waals surface area contributed by atoms with Gasteiger partial charge in [-0.25, -0.2) is 0 Å². The molecule has 0 aliphatic heterocycles. The molecule has 0 N–H and O–H groups in total. The normalized spacial score (nSPS) is 10.7. The molecule has 0 saturated heterocycles. The van der Waals surface area contributed by atoms with Crippen LogP contribution in [0, 0.1) is 47.4 Å². The van der Waals surface area contributed by atoms with E-state index in [0.717, 1.165) is 0 Å². The van der Waals surface area contributed by atoms with E-state index in [1.165, 1.54) is 13.8 Å². The first-order chi connectivity index (χ1) is 7.61. The Hall–Kier alpha value is -2.16. The molecule has 0 aromatic carbocycles. The molecule has 0 bridgehead atoms. The van der Waals surface area contributed by atoms with Crippen molar-refractivity contribution in [1.82, 2.24) is 0 Å². The van der Waals surface area contributed by atoms with Gasteiger partial charge in [0.15, 0.2) is 0 Å². The van der Waals surface area contributed by atoms with Crippen molar-refractivity contribution in [2.24, 2.45) is 0 Å². The summed E-state index contributed by atoms with van der Waals surface area (Å²) < 4.78 is 0. The summed E-state index contributed by atoms with van der Waals surface area (Å²) in [5.74, 6) is 20.1. The third-order valence-corrected chi connectivity index (χ3v) is 1.58. The van der Waals surface area contributed by atoms with E-state index in [1.54, 1.807) is 0 Å². The maximum absolute atomic E-state index is 10.4. The Morgan fingerprint density at radius 3 is 1.06 bits per heavy atom. The monoisotopic (exact) mass is 262 g/mol. The quantitative estimate of drug-likeness (QED) is 0.328. The number of hydrogen-bond acceptors (Lipinski definition) is 2. The Bertz CT molecular complexity index is 511. The molecule has 82 valence electrons. The summed E-state index contributed by atoms with van der Waals surface area (Å²) in [4.78, 5) is 0. The van der Waals surface area contributed by atoms with Gasteiger partial charge < -0.3 is 10.2 Å². The predicted molar refractivity (Wildman–Crippen MR) is 56.5 cm³/mol. The molecule has 2 rings (SSSR count). The fourth-order valence-corrected chi connectivity index (χ4v) is 0.790. The maximum Gasteiger partial charge on any atom is 2.00 e. The van der Waals surface area contributed by atoms with E-state index in [1.807, 2.05) is 0 Å². The standard InChI is InChI=1S/2C7H4O.Fe/c2*1-6(8)7-4-2-3-5-7;/h2*8H,1H3;/q;;+2/p-2. The van der Waals surface area contributed by atoms with Crippen molar-refractivity contribution in [3.05, 3.63) is 22.7 Å². The van der Waals surface area contributed by atoms with Gasteiger partial charge in [0.05, 0.1) is 11.1 Å². The molecule has 2 aliphatic rings. The van der Waals surface area contributed by atoms with Crippen LogP contribution in [0.5, 0.6) is 0 Å². The minimum absolute atomic E-state index is 0. The summed E-state index contributed by atoms with van der Waals surface area (Å²) in [5, 5.41) is 20.8. The molecule has 0 aromatic heterocycles. The molecule has 0 amide bonds. The van der Waals surface area contributed by atoms with E-state index < -0.39 is 0 Å². The van der Waals surface area contributed by atoms with Crippen LogP contribution in [-0.4, -0.2) is 0 Å². The zero-order valence-electron chi connectivity index (χ0n) is 9.17. The van der Waals surface area contributed by atoms with Crippen molar-refractivity contribution < 1.29 is 27.3 Å². The van der Waals surface area contributed by atoms with Crippen molar-refractivity contribution in [3.8, 4) is 47.4 Å². The van der Waals surface area contributed by atoms with Crippen LogP contribution in [0.15, 0.2) is 22.7 Å². The Morgan fingerprint density at radius 2 is 0.941 bits per heavy atom. The summed E-state index contributed by atoms with van der Waals surface area (Å²) in [5.41, 5.74) is 0.870. The molecule has 0 spiro atoms. The molecule has 0 atom stereocenters. The second-order valence-electron chi connectivity index (χ2n) is 2.86. The van der Waals surface area contributed by atoms with E-state index in [0.29, 0.717) is 11.1 Å². The Morgan fingerprint density at radius 1 is 0.706 bits per heavy atom. The van der Waals surface area contributed by atoms with E-state index in [4.69, 9.17) is 0 Å². The third kappa shape index (κ3) is 4.93. The van der Waals surface area contributed by atoms with Crippen LogP contribution in [0.25, 0.3) is 0 Å². The van der Waals surface area contributed by atoms with E-state index >= 15 is 0 Å². The van der Waals surface area contributed by atoms with Crippen molar-refractivity contribution in [2.45, 2.75) is 13.8 Å². The van der Waals surface area contributed by atoms with Crippen molar-refractivity contribution >= 4 is 0 Å². The molecular formula is C14H6FeO2. The van der Waals surface area contributed by atoms with Gasteiger partial charge in [-0.15, -0.1) is 11.5 Å². The fraction of sp³-hybridized carbons (Fsp3) is 0.143. The molecule has 17 heavy (non-hydrogen) atoms. The Labute approximate surface area is 111 Å². The summed E-state index contributed by atoms with van der Waals surface area (Å²) in [6, 6.07) is 0. The predicted octanol–water partition coefficient (Wildman–Crippen LogP) is -0.720. The largest absolute Gasteiger partial charge is 2.00 e. The summed E-state index contributed by atoms with van der Waals surface area (Å²) in [7, 11) is 0. The van der Waals surface area contributed by atoms with Gasteiger partial charge in [0.25, 0.3) is 0 Å². The van der Waals surface area contributed by atoms with Gasteiger partial charge in [-0.3, -0.25) is 0 Å². The molecule has 0 fully saturated rings. The topological polar surface area (TPSA) is 46.1 Å². The van der Waals surface area contributed by atoms with Gasteiger partial charge in [0, 0.05) is 0 Å². The number of rotatable bonds is 0. The first kappa shape index (κ1) is 14.8. The Balaban J connectivity index is 0.000000284. The minimum Gasteiger partial charge on any atom is -0.874 e. The van der Waals surface area contributed by atoms with E-state index in [-0.39, 0.29) is 28.6 Å². The number of allylic oxidation sites excluding steroid dienone is 4. The van der Waals surface area contributed by atoms with Crippen LogP contribution in [0.2, 0.25) is 0 Å². The zero-order valence-corrected chi connectivity index (χ0v) is 10.3. The Kier molecular flexibility index (Phi) is 6.26. The number of hydrogen-bond donors (Lipinski definition) is 0. The molecule has 2 nitrogen and oxygen atoms in total. The third-order valence-electron chi connectivity index (χ3n) is 1.58. The molecular weight excluding hydrogens is 256 g/mol. The van der Waals surface area contributed by atoms with E-state index in [9.17, 15) is 10.2 Å². The second-order valence-corrected chi connectivity index (χ2v) is 2.86. The maximum atomic E-state index is 10.4. The average molecular weight is 262 g/mol. The van der Waals surface area contributed by atoms with Crippen LogP contribution in [0.1, 0.15) is 13.8 Å². The first-order valence-electron chi connectivity index (χ1n) is 4.41. The van der Waals surface area contributed by atoms with Crippen molar-refractivity contribution in [1.29, 1.82) is 0 Å². The van der Waals surface area contributed by atoms with Crippen LogP contribution < -0.4 is 10.2 Å². The summed E-state index contributed by atoms with van der Waals surface area (Å²) in [6.07, 6.45) is 0. The minimum atomic E-state index is -0.0394. The van der Waals surface area contributed by atoms with Crippen LogP contribution in [0.4, 0.5) is 0 Å². The van der Waals surface area contributed by atoms with Crippen molar-refractivity contribution in [2.75, 3.05) is 0 Å². The fourth-order valence-electron chi connectivity index (χ4n) is 0.790. The van der Waals surface area contributed by atoms with Gasteiger partial charge in [-0.2, -0.15) is 0 Å². The van der Waals surface area contributed by atoms with Crippen LogP contribution in [-0.2, 0) is 17.1 Å². The molecule has 3 heteroatoms. The first-order valence-corrected chi connectivity index (χ1v) is 4.41. The smallest absolute Gasteiger partial charge is 0.874 e. The van der Waals surface area contributed by atoms with Crippen LogP contribution >= 0.6 is 0 Å². The molecule has 0 aromatic rings. The second kappa shape index (κ2) is 7.17. The van der Waals surface area contributed by atoms with Crippen molar-refractivity contribution in [3.63, 3.8) is 0 Å². The van der Waals surface area contributed by atoms with Gasteiger partial charge >= 0.3 is 17.1 Å². The van der Waals surface area contributed by atoms with E-state index in [2.05, 4.69) is 47.4 Å². The average Bonchev–Trinajstić information content (AvgIpc) is 2.93. The molecule has 0 radical (unpaired) electrons. The molecule has 0 heterocycles. The van der Waals surface area contributed by atoms with Gasteiger partial charge in [-0.1, -0.05) is 13.8 Å². The van der Waals surface area contributed by atoms with Gasteiger partial charge in [-0.05, 0) is 47.4 Å². The SMILES string of the molecule is CC([O-])=C1C#CC#C1.CC([O-])=C1C#CC#C1.[Fe+2]. The summed E-state index contributed by atoms with van der Waals surface area (Å²) in [6.45, 7) is 2.92. The molecule has 0 unspecified atom stereocenters. The van der Waals surface area contributed by atoms with Gasteiger partial charge in [0.1, 0.15) is 0 Å². The summed E-state index contributed by atoms with van der Waals surface area (Å²) >= 11 is 0. The van der Waals surface area contributed by atoms with Crippen LogP contribution in [0.3, 0.4) is 0 Å². The molecule has 0 saturated carbocycles.